The van der Waals surface area contributed by atoms with E-state index in [4.69, 9.17) is 5.14 Å². The lowest BCUT2D eigenvalue weighted by atomic mass is 10.1. The van der Waals surface area contributed by atoms with Crippen molar-refractivity contribution in [1.82, 2.24) is 5.32 Å². The lowest BCUT2D eigenvalue weighted by Gasteiger charge is -2.16. The highest BCUT2D eigenvalue weighted by Gasteiger charge is 2.17. The van der Waals surface area contributed by atoms with Crippen molar-refractivity contribution in [1.29, 1.82) is 0 Å². The van der Waals surface area contributed by atoms with E-state index in [2.05, 4.69) is 10.6 Å². The molecular weight excluding hydrogens is 366 g/mol. The third-order valence-corrected chi connectivity index (χ3v) is 5.04. The van der Waals surface area contributed by atoms with E-state index in [0.29, 0.717) is 16.8 Å². The molecule has 0 aliphatic heterocycles. The number of nitrogens with one attached hydrogen (secondary N) is 2. The molecule has 144 valence electrons. The Morgan fingerprint density at radius 2 is 1.74 bits per heavy atom. The molecule has 0 aliphatic carbocycles. The molecule has 0 fully saturated rings. The molecule has 2 aromatic carbocycles. The van der Waals surface area contributed by atoms with Crippen molar-refractivity contribution in [3.05, 3.63) is 59.2 Å². The van der Waals surface area contributed by atoms with Gasteiger partial charge in [0.05, 0.1) is 4.90 Å². The largest absolute Gasteiger partial charge is 0.349 e. The first-order chi connectivity index (χ1) is 12.6. The molecule has 27 heavy (non-hydrogen) atoms. The third-order valence-electron chi connectivity index (χ3n) is 4.15. The number of amides is 2. The number of anilines is 1. The molecule has 0 saturated carbocycles. The summed E-state index contributed by atoms with van der Waals surface area (Å²) >= 11 is 0. The number of carbonyl (C=O) groups is 2. The predicted molar refractivity (Wildman–Crippen MR) is 104 cm³/mol. The van der Waals surface area contributed by atoms with Crippen LogP contribution in [-0.2, 0) is 14.8 Å². The summed E-state index contributed by atoms with van der Waals surface area (Å²) in [5.41, 5.74) is 2.33. The van der Waals surface area contributed by atoms with Crippen LogP contribution in [0, 0.1) is 13.8 Å². The Morgan fingerprint density at radius 1 is 1.11 bits per heavy atom. The zero-order valence-electron chi connectivity index (χ0n) is 15.4. The van der Waals surface area contributed by atoms with Gasteiger partial charge >= 0.3 is 0 Å². The van der Waals surface area contributed by atoms with Crippen LogP contribution in [0.25, 0.3) is 0 Å². The predicted octanol–water partition coefficient (Wildman–Crippen LogP) is 2.10. The zero-order chi connectivity index (χ0) is 20.2. The number of sulfonamides is 1. The summed E-state index contributed by atoms with van der Waals surface area (Å²) in [5.74, 6) is -0.607. The van der Waals surface area contributed by atoms with E-state index in [1.807, 2.05) is 6.07 Å². The minimum atomic E-state index is -3.88. The highest BCUT2D eigenvalue weighted by molar-refractivity contribution is 7.89. The van der Waals surface area contributed by atoms with E-state index in [1.165, 1.54) is 12.1 Å². The molecule has 2 rings (SSSR count). The van der Waals surface area contributed by atoms with E-state index in [-0.39, 0.29) is 23.1 Å². The number of primary sulfonamides is 1. The molecule has 0 aliphatic rings. The van der Waals surface area contributed by atoms with Gasteiger partial charge in [-0.3, -0.25) is 9.59 Å². The molecule has 0 radical (unpaired) electrons. The second-order valence-corrected chi connectivity index (χ2v) is 8.01. The van der Waals surface area contributed by atoms with Crippen molar-refractivity contribution in [3.8, 4) is 0 Å². The molecule has 8 heteroatoms. The zero-order valence-corrected chi connectivity index (χ0v) is 16.3. The van der Waals surface area contributed by atoms with Crippen molar-refractivity contribution < 1.29 is 18.0 Å². The maximum absolute atomic E-state index is 12.3. The van der Waals surface area contributed by atoms with Gasteiger partial charge < -0.3 is 10.6 Å². The second kappa shape index (κ2) is 8.32. The van der Waals surface area contributed by atoms with Crippen molar-refractivity contribution in [2.45, 2.75) is 38.1 Å². The molecule has 1 atom stereocenters. The summed E-state index contributed by atoms with van der Waals surface area (Å²) in [5, 5.41) is 10.6. The number of hydrogen-bond acceptors (Lipinski definition) is 4. The fourth-order valence-corrected chi connectivity index (χ4v) is 3.17. The summed E-state index contributed by atoms with van der Waals surface area (Å²) in [7, 11) is -3.88. The molecular formula is C19H23N3O4S. The third kappa shape index (κ3) is 5.63. The second-order valence-electron chi connectivity index (χ2n) is 6.45. The van der Waals surface area contributed by atoms with E-state index >= 15 is 0 Å². The van der Waals surface area contributed by atoms with Crippen LogP contribution in [0.4, 0.5) is 5.69 Å². The average Bonchev–Trinajstić information content (AvgIpc) is 2.58. The smallest absolute Gasteiger partial charge is 0.251 e. The molecule has 2 aromatic rings. The number of benzene rings is 2. The summed E-state index contributed by atoms with van der Waals surface area (Å²) in [4.78, 5) is 24.4. The van der Waals surface area contributed by atoms with Crippen LogP contribution in [-0.4, -0.2) is 26.3 Å². The lowest BCUT2D eigenvalue weighted by molar-refractivity contribution is -0.116. The van der Waals surface area contributed by atoms with Crippen LogP contribution in [0.2, 0.25) is 0 Å². The number of nitrogens with two attached hydrogens (primary N) is 1. The van der Waals surface area contributed by atoms with E-state index < -0.39 is 16.1 Å². The van der Waals surface area contributed by atoms with E-state index in [0.717, 1.165) is 5.56 Å². The van der Waals surface area contributed by atoms with Crippen LogP contribution in [0.15, 0.2) is 47.4 Å². The Balaban J connectivity index is 2.05. The number of aryl methyl sites for hydroxylation is 1. The molecule has 0 heterocycles. The number of carbonyl (C=O) groups excluding carboxylic acids is 2. The Morgan fingerprint density at radius 3 is 2.33 bits per heavy atom. The van der Waals surface area contributed by atoms with Gasteiger partial charge in [0.15, 0.2) is 0 Å². The molecule has 2 amide bonds. The van der Waals surface area contributed by atoms with Gasteiger partial charge in [0.2, 0.25) is 15.9 Å². The normalized spacial score (nSPS) is 12.3. The Kier molecular flexibility index (Phi) is 6.35. The highest BCUT2D eigenvalue weighted by atomic mass is 32.2. The monoisotopic (exact) mass is 389 g/mol. The quantitative estimate of drug-likeness (QED) is 0.701. The van der Waals surface area contributed by atoms with Gasteiger partial charge in [-0.05, 0) is 56.2 Å². The highest BCUT2D eigenvalue weighted by Crippen LogP contribution is 2.23. The first-order valence-electron chi connectivity index (χ1n) is 8.37. The van der Waals surface area contributed by atoms with Crippen LogP contribution >= 0.6 is 0 Å². The van der Waals surface area contributed by atoms with Crippen LogP contribution < -0.4 is 15.8 Å². The SMILES string of the molecule is Cc1cc(S(N)(=O)=O)cc(NC(=O)CC(C)NC(=O)c2ccccc2)c1C. The first kappa shape index (κ1) is 20.6. The Labute approximate surface area is 159 Å². The van der Waals surface area contributed by atoms with Crippen LogP contribution in [0.3, 0.4) is 0 Å². The molecule has 0 aromatic heterocycles. The lowest BCUT2D eigenvalue weighted by Crippen LogP contribution is -2.35. The van der Waals surface area contributed by atoms with Crippen LogP contribution in [0.5, 0.6) is 0 Å². The number of hydrogen-bond donors (Lipinski definition) is 3. The molecule has 0 bridgehead atoms. The van der Waals surface area contributed by atoms with Crippen molar-refractivity contribution in [2.75, 3.05) is 5.32 Å². The van der Waals surface area contributed by atoms with Gasteiger partial charge in [0, 0.05) is 23.7 Å². The number of rotatable bonds is 6. The van der Waals surface area contributed by atoms with E-state index in [1.54, 1.807) is 45.0 Å². The van der Waals surface area contributed by atoms with Gasteiger partial charge in [-0.25, -0.2) is 13.6 Å². The van der Waals surface area contributed by atoms with E-state index in [9.17, 15) is 18.0 Å². The Hall–Kier alpha value is -2.71. The molecule has 7 nitrogen and oxygen atoms in total. The Bertz CT molecular complexity index is 956. The average molecular weight is 389 g/mol. The minimum absolute atomic E-state index is 0.0384. The van der Waals surface area contributed by atoms with Gasteiger partial charge in [0.1, 0.15) is 0 Å². The van der Waals surface area contributed by atoms with Gasteiger partial charge in [0.25, 0.3) is 5.91 Å². The minimum Gasteiger partial charge on any atom is -0.349 e. The van der Waals surface area contributed by atoms with Crippen molar-refractivity contribution in [3.63, 3.8) is 0 Å². The van der Waals surface area contributed by atoms with Crippen molar-refractivity contribution >= 4 is 27.5 Å². The van der Waals surface area contributed by atoms with Gasteiger partial charge in [-0.1, -0.05) is 18.2 Å². The van der Waals surface area contributed by atoms with Gasteiger partial charge in [-0.15, -0.1) is 0 Å². The molecule has 4 N–H and O–H groups in total. The topological polar surface area (TPSA) is 118 Å². The maximum Gasteiger partial charge on any atom is 0.251 e. The molecule has 0 spiro atoms. The fourth-order valence-electron chi connectivity index (χ4n) is 2.55. The molecule has 0 saturated heterocycles. The van der Waals surface area contributed by atoms with Gasteiger partial charge in [-0.2, -0.15) is 0 Å². The van der Waals surface area contributed by atoms with Crippen molar-refractivity contribution in [2.24, 2.45) is 5.14 Å². The summed E-state index contributed by atoms with van der Waals surface area (Å²) in [6.45, 7) is 5.24. The maximum atomic E-state index is 12.3. The first-order valence-corrected chi connectivity index (χ1v) is 9.92. The summed E-state index contributed by atoms with van der Waals surface area (Å²) in [6.07, 6.45) is 0.0384. The molecule has 1 unspecified atom stereocenters. The van der Waals surface area contributed by atoms with Crippen LogP contribution in [0.1, 0.15) is 34.8 Å². The fraction of sp³-hybridized carbons (Fsp3) is 0.263. The standard InChI is InChI=1S/C19H23N3O4S/c1-12-9-16(27(20,25)26)11-17(14(12)3)22-18(23)10-13(2)21-19(24)15-7-5-4-6-8-15/h4-9,11,13H,10H2,1-3H3,(H,21,24)(H,22,23)(H2,20,25,26). The summed E-state index contributed by atoms with van der Waals surface area (Å²) in [6, 6.07) is 11.1. The summed E-state index contributed by atoms with van der Waals surface area (Å²) < 4.78 is 23.2.